The molecule has 0 aliphatic carbocycles. The summed E-state index contributed by atoms with van der Waals surface area (Å²) in [6.07, 6.45) is 1.40. The van der Waals surface area contributed by atoms with Crippen molar-refractivity contribution in [1.29, 1.82) is 0 Å². The van der Waals surface area contributed by atoms with E-state index in [1.54, 1.807) is 43.3 Å². The van der Waals surface area contributed by atoms with Crippen molar-refractivity contribution in [2.75, 3.05) is 6.61 Å². The van der Waals surface area contributed by atoms with Gasteiger partial charge in [0, 0.05) is 10.5 Å². The number of hydrazone groups is 1. The molecule has 3 aromatic carbocycles. The number of hydrogen-bond donors (Lipinski definition) is 1. The number of carbonyl (C=O) groups is 1. The number of hydrogen-bond acceptors (Lipinski definition) is 8. The molecule has 3 aromatic rings. The molecule has 174 valence electrons. The Balaban J connectivity index is 1.81. The van der Waals surface area contributed by atoms with Gasteiger partial charge in [-0.15, -0.1) is 0 Å². The number of halogens is 1. The number of benzene rings is 3. The highest BCUT2D eigenvalue weighted by Crippen LogP contribution is 2.38. The average Bonchev–Trinajstić information content (AvgIpc) is 2.81. The Morgan fingerprint density at radius 2 is 1.76 bits per heavy atom. The summed E-state index contributed by atoms with van der Waals surface area (Å²) in [4.78, 5) is 33.0. The summed E-state index contributed by atoms with van der Waals surface area (Å²) < 4.78 is 11.8. The lowest BCUT2D eigenvalue weighted by Gasteiger charge is -2.12. The van der Waals surface area contributed by atoms with Crippen LogP contribution in [0.4, 0.5) is 11.4 Å². The predicted molar refractivity (Wildman–Crippen MR) is 127 cm³/mol. The second-order valence-electron chi connectivity index (χ2n) is 6.59. The van der Waals surface area contributed by atoms with Gasteiger partial charge in [-0.1, -0.05) is 12.1 Å². The molecule has 11 nitrogen and oxygen atoms in total. The molecule has 0 fully saturated rings. The zero-order valence-corrected chi connectivity index (χ0v) is 19.2. The molecule has 0 aliphatic rings. The fraction of sp³-hybridized carbons (Fsp3) is 0.0909. The lowest BCUT2D eigenvalue weighted by Crippen LogP contribution is -2.18. The van der Waals surface area contributed by atoms with E-state index in [2.05, 4.69) is 26.5 Å². The van der Waals surface area contributed by atoms with E-state index in [4.69, 9.17) is 9.47 Å². The molecule has 0 spiro atoms. The van der Waals surface area contributed by atoms with Crippen LogP contribution >= 0.6 is 15.9 Å². The smallest absolute Gasteiger partial charge is 0.318 e. The second kappa shape index (κ2) is 11.0. The normalized spacial score (nSPS) is 10.6. The molecule has 0 bridgehead atoms. The monoisotopic (exact) mass is 528 g/mol. The highest BCUT2D eigenvalue weighted by molar-refractivity contribution is 9.10. The van der Waals surface area contributed by atoms with Crippen molar-refractivity contribution >= 4 is 39.4 Å². The first-order valence-corrected chi connectivity index (χ1v) is 10.5. The van der Waals surface area contributed by atoms with Crippen molar-refractivity contribution in [3.05, 3.63) is 96.5 Å². The minimum Gasteiger partial charge on any atom is -0.490 e. The highest BCUT2D eigenvalue weighted by Gasteiger charge is 2.22. The Bertz CT molecular complexity index is 1280. The maximum Gasteiger partial charge on any atom is 0.318 e. The Labute approximate surface area is 201 Å². The zero-order chi connectivity index (χ0) is 24.7. The van der Waals surface area contributed by atoms with Crippen LogP contribution in [0.1, 0.15) is 22.8 Å². The van der Waals surface area contributed by atoms with E-state index in [9.17, 15) is 25.0 Å². The number of nitro benzene ring substituents is 2. The van der Waals surface area contributed by atoms with Crippen LogP contribution in [0.5, 0.6) is 17.2 Å². The van der Waals surface area contributed by atoms with E-state index in [1.165, 1.54) is 12.3 Å². The number of non-ortho nitro benzene ring substituents is 1. The number of nitro groups is 2. The number of nitrogens with one attached hydrogen (secondary N) is 1. The topological polar surface area (TPSA) is 146 Å². The Hall–Kier alpha value is -4.32. The first-order chi connectivity index (χ1) is 16.3. The van der Waals surface area contributed by atoms with Crippen LogP contribution in [0, 0.1) is 20.2 Å². The third-order valence-electron chi connectivity index (χ3n) is 4.34. The van der Waals surface area contributed by atoms with Crippen LogP contribution in [0.2, 0.25) is 0 Å². The number of amides is 1. The number of ether oxygens (including phenoxy) is 2. The second-order valence-corrected chi connectivity index (χ2v) is 7.44. The van der Waals surface area contributed by atoms with E-state index in [1.807, 2.05) is 0 Å². The minimum absolute atomic E-state index is 0.160. The van der Waals surface area contributed by atoms with Crippen LogP contribution in [0.15, 0.2) is 70.2 Å². The van der Waals surface area contributed by atoms with Crippen molar-refractivity contribution in [2.24, 2.45) is 5.10 Å². The summed E-state index contributed by atoms with van der Waals surface area (Å²) in [7, 11) is 0. The third kappa shape index (κ3) is 5.92. The van der Waals surface area contributed by atoms with Crippen LogP contribution in [-0.4, -0.2) is 28.6 Å². The van der Waals surface area contributed by atoms with Crippen LogP contribution in [0.3, 0.4) is 0 Å². The van der Waals surface area contributed by atoms with Gasteiger partial charge in [-0.05, 0) is 64.8 Å². The van der Waals surface area contributed by atoms with E-state index < -0.39 is 27.1 Å². The van der Waals surface area contributed by atoms with Crippen LogP contribution in [0.25, 0.3) is 0 Å². The molecule has 0 unspecified atom stereocenters. The molecule has 12 heteroatoms. The van der Waals surface area contributed by atoms with Crippen LogP contribution in [-0.2, 0) is 0 Å². The lowest BCUT2D eigenvalue weighted by atomic mass is 10.2. The van der Waals surface area contributed by atoms with Crippen molar-refractivity contribution in [2.45, 2.75) is 6.92 Å². The quantitative estimate of drug-likeness (QED) is 0.227. The Morgan fingerprint density at radius 3 is 2.44 bits per heavy atom. The summed E-state index contributed by atoms with van der Waals surface area (Å²) in [5.41, 5.74) is 2.41. The van der Waals surface area contributed by atoms with Gasteiger partial charge in [0.1, 0.15) is 0 Å². The van der Waals surface area contributed by atoms with Gasteiger partial charge in [0.05, 0.1) is 34.3 Å². The predicted octanol–water partition coefficient (Wildman–Crippen LogP) is 5.22. The molecule has 0 saturated carbocycles. The maximum absolute atomic E-state index is 12.2. The average molecular weight is 529 g/mol. The summed E-state index contributed by atoms with van der Waals surface area (Å²) >= 11 is 3.30. The SMILES string of the molecule is CCOc1cc(C=NNC(=O)c2ccccc2Br)ccc1Oc1ccc([N+](=O)[O-])cc1[N+](=O)[O-]. The fourth-order valence-electron chi connectivity index (χ4n) is 2.80. The molecule has 0 saturated heterocycles. The van der Waals surface area contributed by atoms with Gasteiger partial charge < -0.3 is 9.47 Å². The van der Waals surface area contributed by atoms with Gasteiger partial charge >= 0.3 is 5.69 Å². The standard InChI is InChI=1S/C22H17BrN4O7/c1-2-33-21-11-14(13-24-25-22(28)16-5-3-4-6-17(16)23)7-9-20(21)34-19-10-8-15(26(29)30)12-18(19)27(31)32/h3-13H,2H2,1H3,(H,25,28). The molecule has 0 atom stereocenters. The molecule has 0 heterocycles. The number of carbonyl (C=O) groups excluding carboxylic acids is 1. The molecule has 34 heavy (non-hydrogen) atoms. The molecular formula is C22H17BrN4O7. The van der Waals surface area contributed by atoms with E-state index in [0.29, 0.717) is 15.6 Å². The molecular weight excluding hydrogens is 512 g/mol. The third-order valence-corrected chi connectivity index (χ3v) is 5.03. The van der Waals surface area contributed by atoms with Crippen molar-refractivity contribution in [3.63, 3.8) is 0 Å². The van der Waals surface area contributed by atoms with Gasteiger partial charge in [-0.25, -0.2) is 5.43 Å². The largest absolute Gasteiger partial charge is 0.490 e. The Morgan fingerprint density at radius 1 is 1.03 bits per heavy atom. The molecule has 1 N–H and O–H groups in total. The minimum atomic E-state index is -0.766. The van der Waals surface area contributed by atoms with E-state index in [-0.39, 0.29) is 23.9 Å². The maximum atomic E-state index is 12.2. The number of nitrogens with zero attached hydrogens (tertiary/aromatic N) is 3. The zero-order valence-electron chi connectivity index (χ0n) is 17.6. The number of rotatable bonds is 9. The lowest BCUT2D eigenvalue weighted by molar-refractivity contribution is -0.394. The van der Waals surface area contributed by atoms with Gasteiger partial charge in [0.15, 0.2) is 11.5 Å². The Kier molecular flexibility index (Phi) is 7.88. The van der Waals surface area contributed by atoms with Crippen molar-refractivity contribution < 1.29 is 24.1 Å². The van der Waals surface area contributed by atoms with Gasteiger partial charge in [0.25, 0.3) is 11.6 Å². The summed E-state index contributed by atoms with van der Waals surface area (Å²) in [6.45, 7) is 2.02. The first-order valence-electron chi connectivity index (χ1n) is 9.75. The molecule has 0 radical (unpaired) electrons. The fourth-order valence-corrected chi connectivity index (χ4v) is 3.26. The highest BCUT2D eigenvalue weighted by atomic mass is 79.9. The summed E-state index contributed by atoms with van der Waals surface area (Å²) in [5, 5.41) is 26.2. The molecule has 0 aliphatic heterocycles. The van der Waals surface area contributed by atoms with Crippen molar-refractivity contribution in [3.8, 4) is 17.2 Å². The van der Waals surface area contributed by atoms with E-state index in [0.717, 1.165) is 18.2 Å². The molecule has 1 amide bonds. The van der Waals surface area contributed by atoms with Gasteiger partial charge in [-0.2, -0.15) is 5.10 Å². The van der Waals surface area contributed by atoms with Crippen molar-refractivity contribution in [1.82, 2.24) is 5.43 Å². The summed E-state index contributed by atoms with van der Waals surface area (Å²) in [6, 6.07) is 14.7. The first kappa shape index (κ1) is 24.3. The van der Waals surface area contributed by atoms with Gasteiger partial charge in [-0.3, -0.25) is 25.0 Å². The van der Waals surface area contributed by atoms with Gasteiger partial charge in [0.2, 0.25) is 5.75 Å². The van der Waals surface area contributed by atoms with E-state index >= 15 is 0 Å². The molecule has 3 rings (SSSR count). The van der Waals surface area contributed by atoms with Crippen LogP contribution < -0.4 is 14.9 Å². The summed E-state index contributed by atoms with van der Waals surface area (Å²) in [5.74, 6) is -0.165. The molecule has 0 aromatic heterocycles.